The average Bonchev–Trinajstić information content (AvgIpc) is 3.93. The van der Waals surface area contributed by atoms with Crippen LogP contribution in [0.4, 0.5) is 0 Å². The summed E-state index contributed by atoms with van der Waals surface area (Å²) in [6.45, 7) is 0. The standard InChI is InChI=1S/C61H36N4O/c1-2-16-38(17-3-1)59-62-60(64-61(63-59)48-26-14-25-45-43-21-8-6-15-37(43)29-31-46(45)48)42-30-32-54(65-53-27-12-10-23-47(53)50-33-39-18-4-5-19-40(39)36-55(50)65)51(35-42)52-34-41-20-7-9-22-44(41)58-57(52)49-24-11-13-28-56(49)66-58/h1-36H. The van der Waals surface area contributed by atoms with E-state index in [1.165, 1.54) is 32.3 Å². The molecule has 0 aliphatic heterocycles. The molecule has 0 bridgehead atoms. The summed E-state index contributed by atoms with van der Waals surface area (Å²) in [7, 11) is 0. The van der Waals surface area contributed by atoms with Gasteiger partial charge in [-0.3, -0.25) is 0 Å². The highest BCUT2D eigenvalue weighted by Crippen LogP contribution is 2.46. The first-order valence-electron chi connectivity index (χ1n) is 22.3. The molecule has 14 aromatic rings. The van der Waals surface area contributed by atoms with E-state index in [1.54, 1.807) is 0 Å². The molecule has 0 saturated carbocycles. The Balaban J connectivity index is 1.09. The monoisotopic (exact) mass is 840 g/mol. The van der Waals surface area contributed by atoms with Crippen molar-refractivity contribution in [3.63, 3.8) is 0 Å². The summed E-state index contributed by atoms with van der Waals surface area (Å²) in [5, 5.41) is 13.7. The molecule has 3 heterocycles. The third-order valence-electron chi connectivity index (χ3n) is 13.4. The Morgan fingerprint density at radius 3 is 1.82 bits per heavy atom. The van der Waals surface area contributed by atoms with Crippen LogP contribution in [0.1, 0.15) is 0 Å². The fourth-order valence-corrected chi connectivity index (χ4v) is 10.3. The number of hydrogen-bond donors (Lipinski definition) is 0. The highest BCUT2D eigenvalue weighted by Gasteiger charge is 2.23. The Bertz CT molecular complexity index is 4300. The topological polar surface area (TPSA) is 56.7 Å². The van der Waals surface area contributed by atoms with E-state index < -0.39 is 0 Å². The summed E-state index contributed by atoms with van der Waals surface area (Å²) in [5.41, 5.74) is 9.87. The zero-order valence-corrected chi connectivity index (χ0v) is 35.5. The van der Waals surface area contributed by atoms with Gasteiger partial charge in [-0.15, -0.1) is 0 Å². The van der Waals surface area contributed by atoms with Crippen molar-refractivity contribution < 1.29 is 4.42 Å². The molecule has 5 nitrogen and oxygen atoms in total. The van der Waals surface area contributed by atoms with Gasteiger partial charge in [-0.2, -0.15) is 0 Å². The molecule has 3 aromatic heterocycles. The van der Waals surface area contributed by atoms with Crippen LogP contribution in [-0.2, 0) is 0 Å². The minimum atomic E-state index is 0.590. The minimum absolute atomic E-state index is 0.590. The molecular weight excluding hydrogens is 805 g/mol. The lowest BCUT2D eigenvalue weighted by atomic mass is 9.93. The first-order chi connectivity index (χ1) is 32.7. The highest BCUT2D eigenvalue weighted by molar-refractivity contribution is 6.22. The number of aromatic nitrogens is 4. The van der Waals surface area contributed by atoms with E-state index in [0.717, 1.165) is 88.0 Å². The van der Waals surface area contributed by atoms with Gasteiger partial charge >= 0.3 is 0 Å². The van der Waals surface area contributed by atoms with Gasteiger partial charge < -0.3 is 8.98 Å². The van der Waals surface area contributed by atoms with Crippen LogP contribution in [0.5, 0.6) is 0 Å². The predicted molar refractivity (Wildman–Crippen MR) is 273 cm³/mol. The van der Waals surface area contributed by atoms with Crippen LogP contribution in [0.2, 0.25) is 0 Å². The second kappa shape index (κ2) is 14.3. The number of benzene rings is 11. The molecule has 0 saturated heterocycles. The Hall–Kier alpha value is -8.93. The first-order valence-corrected chi connectivity index (χ1v) is 22.3. The highest BCUT2D eigenvalue weighted by atomic mass is 16.3. The normalized spacial score (nSPS) is 11.9. The summed E-state index contributed by atoms with van der Waals surface area (Å²) in [5.74, 6) is 1.82. The number of nitrogens with zero attached hydrogens (tertiary/aromatic N) is 4. The summed E-state index contributed by atoms with van der Waals surface area (Å²) >= 11 is 0. The van der Waals surface area contributed by atoms with Crippen LogP contribution in [-0.4, -0.2) is 19.5 Å². The summed E-state index contributed by atoms with van der Waals surface area (Å²) in [4.78, 5) is 15.9. The number of fused-ring (bicyclic) bond motifs is 12. The minimum Gasteiger partial charge on any atom is -0.455 e. The van der Waals surface area contributed by atoms with E-state index in [0.29, 0.717) is 17.5 Å². The van der Waals surface area contributed by atoms with Crippen molar-refractivity contribution in [2.24, 2.45) is 0 Å². The van der Waals surface area contributed by atoms with Gasteiger partial charge in [0.25, 0.3) is 0 Å². The van der Waals surface area contributed by atoms with Crippen LogP contribution in [0.15, 0.2) is 223 Å². The number of furan rings is 1. The number of para-hydroxylation sites is 2. The third kappa shape index (κ3) is 5.57. The molecular formula is C61H36N4O. The van der Waals surface area contributed by atoms with Gasteiger partial charge in [-0.25, -0.2) is 15.0 Å². The zero-order chi connectivity index (χ0) is 43.3. The van der Waals surface area contributed by atoms with Crippen molar-refractivity contribution in [3.05, 3.63) is 218 Å². The smallest absolute Gasteiger partial charge is 0.164 e. The van der Waals surface area contributed by atoms with Crippen LogP contribution in [0.25, 0.3) is 138 Å². The lowest BCUT2D eigenvalue weighted by Gasteiger charge is -2.18. The van der Waals surface area contributed by atoms with Crippen molar-refractivity contribution in [3.8, 4) is 51.0 Å². The molecule has 5 heteroatoms. The second-order valence-electron chi connectivity index (χ2n) is 17.1. The van der Waals surface area contributed by atoms with Gasteiger partial charge in [0, 0.05) is 49.2 Å². The Kier molecular flexibility index (Phi) is 7.91. The molecule has 66 heavy (non-hydrogen) atoms. The van der Waals surface area contributed by atoms with Gasteiger partial charge in [0.15, 0.2) is 17.5 Å². The quantitative estimate of drug-likeness (QED) is 0.162. The van der Waals surface area contributed by atoms with Gasteiger partial charge in [0.2, 0.25) is 0 Å². The van der Waals surface area contributed by atoms with E-state index >= 15 is 0 Å². The molecule has 0 radical (unpaired) electrons. The SMILES string of the molecule is c1ccc(-c2nc(-c3ccc(-n4c5ccccc5c5cc6ccccc6cc54)c(-c4cc5ccccc5c5oc6ccccc6c45)c3)nc(-c3cccc4c3ccc3ccccc34)n2)cc1. The maximum absolute atomic E-state index is 6.81. The summed E-state index contributed by atoms with van der Waals surface area (Å²) < 4.78 is 9.25. The molecule has 14 rings (SSSR count). The van der Waals surface area contributed by atoms with Crippen LogP contribution in [0, 0.1) is 0 Å². The molecule has 0 aliphatic rings. The van der Waals surface area contributed by atoms with Crippen LogP contribution >= 0.6 is 0 Å². The van der Waals surface area contributed by atoms with E-state index in [4.69, 9.17) is 19.4 Å². The maximum atomic E-state index is 6.81. The Morgan fingerprint density at radius 2 is 0.970 bits per heavy atom. The van der Waals surface area contributed by atoms with Gasteiger partial charge in [-0.1, -0.05) is 170 Å². The molecule has 0 spiro atoms. The fraction of sp³-hybridized carbons (Fsp3) is 0. The average molecular weight is 841 g/mol. The predicted octanol–water partition coefficient (Wildman–Crippen LogP) is 16.1. The third-order valence-corrected chi connectivity index (χ3v) is 13.4. The van der Waals surface area contributed by atoms with Crippen molar-refractivity contribution in [1.29, 1.82) is 0 Å². The Morgan fingerprint density at radius 1 is 0.318 bits per heavy atom. The number of rotatable bonds is 5. The fourth-order valence-electron chi connectivity index (χ4n) is 10.3. The molecule has 0 fully saturated rings. The van der Waals surface area contributed by atoms with Gasteiger partial charge in [-0.05, 0) is 91.8 Å². The zero-order valence-electron chi connectivity index (χ0n) is 35.5. The Labute approximate surface area is 378 Å². The van der Waals surface area contributed by atoms with Gasteiger partial charge in [0.05, 0.1) is 16.7 Å². The second-order valence-corrected chi connectivity index (χ2v) is 17.1. The van der Waals surface area contributed by atoms with E-state index in [9.17, 15) is 0 Å². The maximum Gasteiger partial charge on any atom is 0.164 e. The lowest BCUT2D eigenvalue weighted by molar-refractivity contribution is 0.673. The lowest BCUT2D eigenvalue weighted by Crippen LogP contribution is -2.02. The van der Waals surface area contributed by atoms with E-state index in [1.807, 2.05) is 24.3 Å². The number of hydrogen-bond acceptors (Lipinski definition) is 4. The summed E-state index contributed by atoms with van der Waals surface area (Å²) in [6, 6.07) is 77.6. The van der Waals surface area contributed by atoms with Crippen molar-refractivity contribution in [2.75, 3.05) is 0 Å². The van der Waals surface area contributed by atoms with Crippen LogP contribution < -0.4 is 0 Å². The van der Waals surface area contributed by atoms with E-state index in [2.05, 4.69) is 199 Å². The van der Waals surface area contributed by atoms with Crippen LogP contribution in [0.3, 0.4) is 0 Å². The molecule has 11 aromatic carbocycles. The largest absolute Gasteiger partial charge is 0.455 e. The molecule has 0 atom stereocenters. The first kappa shape index (κ1) is 36.5. The molecule has 0 amide bonds. The summed E-state index contributed by atoms with van der Waals surface area (Å²) in [6.07, 6.45) is 0. The molecule has 0 N–H and O–H groups in total. The van der Waals surface area contributed by atoms with Crippen molar-refractivity contribution in [1.82, 2.24) is 19.5 Å². The van der Waals surface area contributed by atoms with Crippen molar-refractivity contribution in [2.45, 2.75) is 0 Å². The molecule has 0 aliphatic carbocycles. The van der Waals surface area contributed by atoms with Crippen molar-refractivity contribution >= 4 is 86.8 Å². The molecule has 0 unspecified atom stereocenters. The van der Waals surface area contributed by atoms with Gasteiger partial charge in [0.1, 0.15) is 11.2 Å². The molecule has 306 valence electrons. The van der Waals surface area contributed by atoms with E-state index in [-0.39, 0.29) is 0 Å².